The highest BCUT2D eigenvalue weighted by Crippen LogP contribution is 2.26. The van der Waals surface area contributed by atoms with Gasteiger partial charge in [-0.15, -0.1) is 0 Å². The van der Waals surface area contributed by atoms with Gasteiger partial charge in [0.15, 0.2) is 0 Å². The Hall–Kier alpha value is -1.36. The van der Waals surface area contributed by atoms with Gasteiger partial charge in [0.1, 0.15) is 0 Å². The minimum Gasteiger partial charge on any atom is -0.351 e. The Balaban J connectivity index is 1.74. The molecular weight excluding hydrogens is 218 g/mol. The number of aryl methyl sites for hydroxylation is 1. The highest BCUT2D eigenvalue weighted by Gasteiger charge is 2.37. The third-order valence-corrected chi connectivity index (χ3v) is 3.83. The average Bonchev–Trinajstić information content (AvgIpc) is 2.93. The Bertz CT molecular complexity index is 415. The van der Waals surface area contributed by atoms with Crippen LogP contribution in [0.1, 0.15) is 29.0 Å². The standard InChI is InChI=1S/C12H17N3O2/c1-8-5-14-17-11(8)12(16)15-6-9-3-2-4-13-10(9)7-15/h5,9-10,13H,2-4,6-7H2,1H3/t9-,10+/m0/s1. The number of hydrogen-bond acceptors (Lipinski definition) is 4. The van der Waals surface area contributed by atoms with Crippen LogP contribution < -0.4 is 5.32 Å². The molecule has 0 spiro atoms. The Morgan fingerprint density at radius 2 is 2.47 bits per heavy atom. The number of nitrogens with one attached hydrogen (secondary N) is 1. The molecule has 1 aromatic heterocycles. The quantitative estimate of drug-likeness (QED) is 0.782. The van der Waals surface area contributed by atoms with Crippen molar-refractivity contribution in [2.75, 3.05) is 19.6 Å². The lowest BCUT2D eigenvalue weighted by atomic mass is 9.94. The van der Waals surface area contributed by atoms with Gasteiger partial charge in [-0.1, -0.05) is 5.16 Å². The molecule has 5 heteroatoms. The van der Waals surface area contributed by atoms with Crippen LogP contribution >= 0.6 is 0 Å². The van der Waals surface area contributed by atoms with Crippen LogP contribution in [0.4, 0.5) is 0 Å². The van der Waals surface area contributed by atoms with Gasteiger partial charge in [-0.2, -0.15) is 0 Å². The molecule has 3 heterocycles. The van der Waals surface area contributed by atoms with E-state index in [2.05, 4.69) is 10.5 Å². The van der Waals surface area contributed by atoms with Crippen LogP contribution in [0, 0.1) is 12.8 Å². The van der Waals surface area contributed by atoms with Gasteiger partial charge in [-0.25, -0.2) is 0 Å². The Labute approximate surface area is 100 Å². The summed E-state index contributed by atoms with van der Waals surface area (Å²) in [6, 6.07) is 0.468. The maximum Gasteiger partial charge on any atom is 0.292 e. The molecule has 2 aliphatic rings. The summed E-state index contributed by atoms with van der Waals surface area (Å²) in [5, 5.41) is 7.15. The summed E-state index contributed by atoms with van der Waals surface area (Å²) in [5.74, 6) is 0.982. The van der Waals surface area contributed by atoms with Gasteiger partial charge >= 0.3 is 0 Å². The van der Waals surface area contributed by atoms with Crippen LogP contribution in [0.15, 0.2) is 10.7 Å². The van der Waals surface area contributed by atoms with E-state index in [-0.39, 0.29) is 5.91 Å². The van der Waals surface area contributed by atoms with Crippen molar-refractivity contribution in [1.82, 2.24) is 15.4 Å². The number of amides is 1. The van der Waals surface area contributed by atoms with Crippen molar-refractivity contribution in [3.8, 4) is 0 Å². The molecule has 1 N–H and O–H groups in total. The summed E-state index contributed by atoms with van der Waals surface area (Å²) in [6.07, 6.45) is 4.02. The Kier molecular flexibility index (Phi) is 2.63. The molecular formula is C12H17N3O2. The van der Waals surface area contributed by atoms with E-state index >= 15 is 0 Å². The molecule has 0 bridgehead atoms. The summed E-state index contributed by atoms with van der Waals surface area (Å²) >= 11 is 0. The van der Waals surface area contributed by atoms with E-state index in [0.717, 1.165) is 25.2 Å². The number of rotatable bonds is 1. The number of nitrogens with zero attached hydrogens (tertiary/aromatic N) is 2. The zero-order valence-electron chi connectivity index (χ0n) is 9.98. The number of hydrogen-bond donors (Lipinski definition) is 1. The lowest BCUT2D eigenvalue weighted by Gasteiger charge is -2.24. The molecule has 2 aliphatic heterocycles. The fourth-order valence-electron chi connectivity index (χ4n) is 2.85. The first kappa shape index (κ1) is 10.8. The van der Waals surface area contributed by atoms with Gasteiger partial charge in [-0.05, 0) is 32.2 Å². The summed E-state index contributed by atoms with van der Waals surface area (Å²) in [6.45, 7) is 4.57. The number of carbonyl (C=O) groups excluding carboxylic acids is 1. The molecule has 5 nitrogen and oxygen atoms in total. The second-order valence-corrected chi connectivity index (χ2v) is 5.01. The molecule has 92 valence electrons. The molecule has 1 amide bonds. The lowest BCUT2D eigenvalue weighted by Crippen LogP contribution is -2.41. The van der Waals surface area contributed by atoms with Crippen molar-refractivity contribution in [2.24, 2.45) is 5.92 Å². The first-order chi connectivity index (χ1) is 8.25. The highest BCUT2D eigenvalue weighted by molar-refractivity contribution is 5.92. The van der Waals surface area contributed by atoms with Crippen LogP contribution in [0.3, 0.4) is 0 Å². The molecule has 0 aliphatic carbocycles. The van der Waals surface area contributed by atoms with Crippen LogP contribution in [0.2, 0.25) is 0 Å². The van der Waals surface area contributed by atoms with Crippen molar-refractivity contribution in [1.29, 1.82) is 0 Å². The summed E-state index contributed by atoms with van der Waals surface area (Å²) < 4.78 is 5.03. The minimum absolute atomic E-state index is 0.0174. The summed E-state index contributed by atoms with van der Waals surface area (Å²) in [7, 11) is 0. The van der Waals surface area contributed by atoms with Gasteiger partial charge in [0.25, 0.3) is 5.91 Å². The number of carbonyl (C=O) groups is 1. The monoisotopic (exact) mass is 235 g/mol. The summed E-state index contributed by atoms with van der Waals surface area (Å²) in [4.78, 5) is 14.1. The van der Waals surface area contributed by atoms with Crippen LogP contribution in [0.5, 0.6) is 0 Å². The molecule has 1 aromatic rings. The third-order valence-electron chi connectivity index (χ3n) is 3.83. The van der Waals surface area contributed by atoms with E-state index in [9.17, 15) is 4.79 Å². The SMILES string of the molecule is Cc1cnoc1C(=O)N1C[C@@H]2CCCN[C@@H]2C1. The molecule has 17 heavy (non-hydrogen) atoms. The largest absolute Gasteiger partial charge is 0.351 e. The molecule has 3 rings (SSSR count). The average molecular weight is 235 g/mol. The van der Waals surface area contributed by atoms with Crippen molar-refractivity contribution in [3.05, 3.63) is 17.5 Å². The lowest BCUT2D eigenvalue weighted by molar-refractivity contribution is 0.0743. The zero-order valence-corrected chi connectivity index (χ0v) is 9.98. The molecule has 2 fully saturated rings. The molecule has 2 saturated heterocycles. The van der Waals surface area contributed by atoms with Crippen molar-refractivity contribution in [3.63, 3.8) is 0 Å². The Morgan fingerprint density at radius 1 is 1.59 bits per heavy atom. The van der Waals surface area contributed by atoms with E-state index in [1.165, 1.54) is 12.8 Å². The van der Waals surface area contributed by atoms with Crippen molar-refractivity contribution < 1.29 is 9.32 Å². The van der Waals surface area contributed by atoms with E-state index < -0.39 is 0 Å². The van der Waals surface area contributed by atoms with Gasteiger partial charge in [0, 0.05) is 24.7 Å². The smallest absolute Gasteiger partial charge is 0.292 e. The third kappa shape index (κ3) is 1.84. The number of piperidine rings is 1. The second kappa shape index (κ2) is 4.14. The maximum absolute atomic E-state index is 12.2. The molecule has 0 saturated carbocycles. The van der Waals surface area contributed by atoms with E-state index in [1.807, 2.05) is 11.8 Å². The second-order valence-electron chi connectivity index (χ2n) is 5.01. The number of aromatic nitrogens is 1. The molecule has 2 atom stereocenters. The van der Waals surface area contributed by atoms with Gasteiger partial charge in [-0.3, -0.25) is 4.79 Å². The fraction of sp³-hybridized carbons (Fsp3) is 0.667. The molecule has 0 unspecified atom stereocenters. The zero-order chi connectivity index (χ0) is 11.8. The van der Waals surface area contributed by atoms with Gasteiger partial charge in [0.2, 0.25) is 5.76 Å². The van der Waals surface area contributed by atoms with E-state index in [0.29, 0.717) is 17.7 Å². The van der Waals surface area contributed by atoms with Crippen molar-refractivity contribution >= 4 is 5.91 Å². The first-order valence-electron chi connectivity index (χ1n) is 6.19. The van der Waals surface area contributed by atoms with E-state index in [1.54, 1.807) is 6.20 Å². The highest BCUT2D eigenvalue weighted by atomic mass is 16.5. The van der Waals surface area contributed by atoms with Crippen molar-refractivity contribution in [2.45, 2.75) is 25.8 Å². The first-order valence-corrected chi connectivity index (χ1v) is 6.19. The predicted octanol–water partition coefficient (Wildman–Crippen LogP) is 0.807. The molecule has 0 aromatic carbocycles. The van der Waals surface area contributed by atoms with Gasteiger partial charge in [0.05, 0.1) is 6.20 Å². The topological polar surface area (TPSA) is 58.4 Å². The maximum atomic E-state index is 12.2. The Morgan fingerprint density at radius 3 is 3.18 bits per heavy atom. The minimum atomic E-state index is -0.0174. The molecule has 0 radical (unpaired) electrons. The normalized spacial score (nSPS) is 28.2. The summed E-state index contributed by atoms with van der Waals surface area (Å²) in [5.41, 5.74) is 0.817. The van der Waals surface area contributed by atoms with Crippen LogP contribution in [-0.4, -0.2) is 41.6 Å². The van der Waals surface area contributed by atoms with Crippen LogP contribution in [0.25, 0.3) is 0 Å². The number of likely N-dealkylation sites (tertiary alicyclic amines) is 1. The number of fused-ring (bicyclic) bond motifs is 1. The predicted molar refractivity (Wildman–Crippen MR) is 61.7 cm³/mol. The fourth-order valence-corrected chi connectivity index (χ4v) is 2.85. The van der Waals surface area contributed by atoms with Gasteiger partial charge < -0.3 is 14.7 Å². The van der Waals surface area contributed by atoms with E-state index in [4.69, 9.17) is 4.52 Å². The van der Waals surface area contributed by atoms with Crippen LogP contribution in [-0.2, 0) is 0 Å².